The highest BCUT2D eigenvalue weighted by Gasteiger charge is 2.15. The van der Waals surface area contributed by atoms with Crippen molar-refractivity contribution in [1.82, 2.24) is 10.6 Å². The highest BCUT2D eigenvalue weighted by atomic mass is 16.5. The van der Waals surface area contributed by atoms with Crippen molar-refractivity contribution < 1.29 is 19.1 Å². The summed E-state index contributed by atoms with van der Waals surface area (Å²) in [6.07, 6.45) is 2.21. The van der Waals surface area contributed by atoms with Gasteiger partial charge in [-0.2, -0.15) is 0 Å². The van der Waals surface area contributed by atoms with Crippen LogP contribution in [-0.2, 0) is 25.5 Å². The van der Waals surface area contributed by atoms with Crippen molar-refractivity contribution >= 4 is 12.4 Å². The van der Waals surface area contributed by atoms with Gasteiger partial charge in [-0.25, -0.2) is 0 Å². The summed E-state index contributed by atoms with van der Waals surface area (Å²) in [5.41, 5.74) is 0.931. The van der Waals surface area contributed by atoms with Gasteiger partial charge in [0.1, 0.15) is 11.8 Å². The van der Waals surface area contributed by atoms with Crippen molar-refractivity contribution in [3.8, 4) is 0 Å². The first-order valence-corrected chi connectivity index (χ1v) is 8.68. The quantitative estimate of drug-likeness (QED) is 0.736. The van der Waals surface area contributed by atoms with E-state index in [1.807, 2.05) is 39.0 Å². The predicted octanol–water partition coefficient (Wildman–Crippen LogP) is 2.03. The summed E-state index contributed by atoms with van der Waals surface area (Å²) < 4.78 is 9.93. The maximum atomic E-state index is 11.6. The zero-order chi connectivity index (χ0) is 18.5. The molecular formula is C19H30N2O4. The minimum atomic E-state index is -0.318. The number of carbonyl (C=O) groups excluding carboxylic acids is 2. The zero-order valence-electron chi connectivity index (χ0n) is 15.4. The average Bonchev–Trinajstić information content (AvgIpc) is 3.07. The van der Waals surface area contributed by atoms with Crippen molar-refractivity contribution in [3.05, 3.63) is 35.9 Å². The first-order valence-electron chi connectivity index (χ1n) is 8.68. The molecule has 0 aromatic heterocycles. The molecule has 1 aromatic carbocycles. The van der Waals surface area contributed by atoms with E-state index in [1.165, 1.54) is 5.56 Å². The number of hydrogen-bond donors (Lipinski definition) is 2. The van der Waals surface area contributed by atoms with Gasteiger partial charge in [0.25, 0.3) is 6.47 Å². The van der Waals surface area contributed by atoms with Gasteiger partial charge in [-0.3, -0.25) is 14.9 Å². The molecule has 1 atom stereocenters. The molecule has 6 heteroatoms. The molecule has 25 heavy (non-hydrogen) atoms. The van der Waals surface area contributed by atoms with Crippen molar-refractivity contribution in [2.24, 2.45) is 0 Å². The Morgan fingerprint density at radius 3 is 2.60 bits per heavy atom. The van der Waals surface area contributed by atoms with Gasteiger partial charge in [-0.15, -0.1) is 0 Å². The maximum Gasteiger partial charge on any atom is 0.293 e. The van der Waals surface area contributed by atoms with E-state index in [1.54, 1.807) is 0 Å². The molecule has 0 spiro atoms. The summed E-state index contributed by atoms with van der Waals surface area (Å²) in [6.45, 7) is 8.26. The Morgan fingerprint density at radius 1 is 1.36 bits per heavy atom. The van der Waals surface area contributed by atoms with Crippen LogP contribution in [0.2, 0.25) is 0 Å². The van der Waals surface area contributed by atoms with Crippen LogP contribution in [0.3, 0.4) is 0 Å². The molecule has 0 saturated carbocycles. The monoisotopic (exact) mass is 350 g/mol. The van der Waals surface area contributed by atoms with Crippen LogP contribution in [0.1, 0.15) is 39.2 Å². The van der Waals surface area contributed by atoms with E-state index in [-0.39, 0.29) is 17.7 Å². The molecule has 1 amide bonds. The van der Waals surface area contributed by atoms with Gasteiger partial charge in [0.2, 0.25) is 5.91 Å². The van der Waals surface area contributed by atoms with Crippen LogP contribution in [0.4, 0.5) is 0 Å². The summed E-state index contributed by atoms with van der Waals surface area (Å²) in [5, 5.41) is 6.12. The Balaban J connectivity index is 0.000000381. The van der Waals surface area contributed by atoms with Crippen LogP contribution in [0, 0.1) is 0 Å². The van der Waals surface area contributed by atoms with E-state index in [0.717, 1.165) is 26.0 Å². The van der Waals surface area contributed by atoms with Gasteiger partial charge in [-0.05, 0) is 39.2 Å². The molecule has 2 rings (SSSR count). The van der Waals surface area contributed by atoms with Crippen molar-refractivity contribution in [3.63, 3.8) is 0 Å². The first kappa shape index (κ1) is 21.1. The second-order valence-electron chi connectivity index (χ2n) is 6.76. The molecule has 0 radical (unpaired) electrons. The third-order valence-electron chi connectivity index (χ3n) is 3.41. The SMILES string of the molecule is CC(C)(C)OC=O.O=C(CCC1NCCO1)NCCc1ccccc1. The predicted molar refractivity (Wildman–Crippen MR) is 97.0 cm³/mol. The Kier molecular flexibility index (Phi) is 9.80. The molecule has 1 fully saturated rings. The van der Waals surface area contributed by atoms with Crippen molar-refractivity contribution in [2.45, 2.75) is 51.9 Å². The largest absolute Gasteiger partial charge is 0.462 e. The molecule has 140 valence electrons. The van der Waals surface area contributed by atoms with Gasteiger partial charge < -0.3 is 14.8 Å². The molecule has 1 aromatic rings. The molecule has 1 aliphatic heterocycles. The minimum absolute atomic E-state index is 0.0601. The Bertz CT molecular complexity index is 494. The van der Waals surface area contributed by atoms with E-state index in [2.05, 4.69) is 27.5 Å². The number of benzene rings is 1. The highest BCUT2D eigenvalue weighted by Crippen LogP contribution is 2.04. The molecule has 6 nitrogen and oxygen atoms in total. The second kappa shape index (κ2) is 11.6. The van der Waals surface area contributed by atoms with Crippen LogP contribution in [0.25, 0.3) is 0 Å². The van der Waals surface area contributed by atoms with Crippen molar-refractivity contribution in [1.29, 1.82) is 0 Å². The molecule has 1 unspecified atom stereocenters. The topological polar surface area (TPSA) is 76.7 Å². The van der Waals surface area contributed by atoms with Crippen molar-refractivity contribution in [2.75, 3.05) is 19.7 Å². The van der Waals surface area contributed by atoms with Crippen LogP contribution in [0.15, 0.2) is 30.3 Å². The number of carbonyl (C=O) groups is 2. The third kappa shape index (κ3) is 11.3. The minimum Gasteiger partial charge on any atom is -0.462 e. The normalized spacial score (nSPS) is 16.5. The Hall–Kier alpha value is -1.92. The summed E-state index contributed by atoms with van der Waals surface area (Å²) in [5.74, 6) is 0.100. The molecular weight excluding hydrogens is 320 g/mol. The van der Waals surface area contributed by atoms with E-state index in [9.17, 15) is 9.59 Å². The van der Waals surface area contributed by atoms with E-state index >= 15 is 0 Å². The lowest BCUT2D eigenvalue weighted by Gasteiger charge is -2.14. The van der Waals surface area contributed by atoms with Gasteiger partial charge in [0.15, 0.2) is 0 Å². The van der Waals surface area contributed by atoms with Crippen LogP contribution < -0.4 is 10.6 Å². The molecule has 1 saturated heterocycles. The highest BCUT2D eigenvalue weighted by molar-refractivity contribution is 5.75. The summed E-state index contributed by atoms with van der Waals surface area (Å²) in [7, 11) is 0. The number of amides is 1. The van der Waals surface area contributed by atoms with E-state index < -0.39 is 0 Å². The lowest BCUT2D eigenvalue weighted by Crippen LogP contribution is -2.29. The lowest BCUT2D eigenvalue weighted by atomic mass is 10.1. The number of nitrogens with one attached hydrogen (secondary N) is 2. The van der Waals surface area contributed by atoms with Gasteiger partial charge in [0.05, 0.1) is 6.61 Å². The average molecular weight is 350 g/mol. The Morgan fingerprint density at radius 2 is 2.08 bits per heavy atom. The fourth-order valence-corrected chi connectivity index (χ4v) is 2.15. The second-order valence-corrected chi connectivity index (χ2v) is 6.76. The van der Waals surface area contributed by atoms with Gasteiger partial charge in [-0.1, -0.05) is 30.3 Å². The van der Waals surface area contributed by atoms with Gasteiger partial charge >= 0.3 is 0 Å². The standard InChI is InChI=1S/C14H20N2O2.C5H10O2/c17-13(6-7-14-16-10-11-18-14)15-9-8-12-4-2-1-3-5-12;1-5(2,3)7-4-6/h1-5,14,16H,6-11H2,(H,15,17);4H,1-3H3. The molecule has 0 aliphatic carbocycles. The molecule has 0 bridgehead atoms. The molecule has 1 heterocycles. The van der Waals surface area contributed by atoms with E-state index in [0.29, 0.717) is 19.4 Å². The van der Waals surface area contributed by atoms with Crippen LogP contribution in [0.5, 0.6) is 0 Å². The smallest absolute Gasteiger partial charge is 0.293 e. The first-order chi connectivity index (χ1) is 11.9. The number of hydrogen-bond acceptors (Lipinski definition) is 5. The Labute approximate surface area is 150 Å². The van der Waals surface area contributed by atoms with E-state index in [4.69, 9.17) is 4.74 Å². The number of rotatable bonds is 7. The maximum absolute atomic E-state index is 11.6. The third-order valence-corrected chi connectivity index (χ3v) is 3.41. The summed E-state index contributed by atoms with van der Waals surface area (Å²) >= 11 is 0. The molecule has 2 N–H and O–H groups in total. The summed E-state index contributed by atoms with van der Waals surface area (Å²) in [4.78, 5) is 21.2. The lowest BCUT2D eigenvalue weighted by molar-refractivity contribution is -0.138. The number of ether oxygens (including phenoxy) is 2. The fraction of sp³-hybridized carbons (Fsp3) is 0.579. The summed E-state index contributed by atoms with van der Waals surface area (Å²) in [6, 6.07) is 10.2. The zero-order valence-corrected chi connectivity index (χ0v) is 15.4. The fourth-order valence-electron chi connectivity index (χ4n) is 2.15. The van der Waals surface area contributed by atoms with Gasteiger partial charge in [0, 0.05) is 19.5 Å². The molecule has 1 aliphatic rings. The van der Waals surface area contributed by atoms with Crippen LogP contribution in [-0.4, -0.2) is 43.9 Å². The van der Waals surface area contributed by atoms with Crippen LogP contribution >= 0.6 is 0 Å².